The minimum absolute atomic E-state index is 0. The maximum Gasteiger partial charge on any atom is -1.00 e. The summed E-state index contributed by atoms with van der Waals surface area (Å²) in [6.45, 7) is 12.2. The van der Waals surface area contributed by atoms with Crippen LogP contribution in [-0.2, 0) is 27.7 Å². The third-order valence-electron chi connectivity index (χ3n) is 7.88. The van der Waals surface area contributed by atoms with Crippen molar-refractivity contribution in [1.29, 1.82) is 0 Å². The first-order chi connectivity index (χ1) is 15.4. The van der Waals surface area contributed by atoms with E-state index in [-0.39, 0.29) is 30.2 Å². The maximum absolute atomic E-state index is 2.65. The van der Waals surface area contributed by atoms with E-state index in [0.29, 0.717) is 5.92 Å². The van der Waals surface area contributed by atoms with Gasteiger partial charge in [0.2, 0.25) is 0 Å². The normalized spacial score (nSPS) is 18.9. The van der Waals surface area contributed by atoms with Crippen LogP contribution in [0.25, 0.3) is 11.1 Å². The molecule has 0 heterocycles. The molecular formula is C31H38Cl2Zr. The Morgan fingerprint density at radius 2 is 1.56 bits per heavy atom. The molecule has 1 fully saturated rings. The van der Waals surface area contributed by atoms with Crippen LogP contribution in [0.1, 0.15) is 84.3 Å². The fourth-order valence-corrected chi connectivity index (χ4v) is 15.9. The fourth-order valence-electron chi connectivity index (χ4n) is 6.46. The van der Waals surface area contributed by atoms with E-state index in [1.807, 2.05) is 6.49 Å². The van der Waals surface area contributed by atoms with Gasteiger partial charge in [0.05, 0.1) is 0 Å². The van der Waals surface area contributed by atoms with Gasteiger partial charge in [-0.1, -0.05) is 0 Å². The second-order valence-electron chi connectivity index (χ2n) is 11.1. The molecule has 34 heavy (non-hydrogen) atoms. The number of rotatable bonds is 3. The predicted octanol–water partition coefficient (Wildman–Crippen LogP) is 1.93. The molecule has 0 bridgehead atoms. The van der Waals surface area contributed by atoms with Crippen molar-refractivity contribution in [3.05, 3.63) is 74.1 Å². The zero-order valence-corrected chi connectivity index (χ0v) is 25.4. The SMILES string of the molecule is CCC1=[C]([Zr+2](=[C]2CCCCC2)[c]2cccc3c2Cc2ccccc2-3)C(C)C=C1C(C)(C)C.[Cl-].[Cl-]. The third-order valence-corrected chi connectivity index (χ3v) is 16.5. The van der Waals surface area contributed by atoms with Gasteiger partial charge in [-0.2, -0.15) is 0 Å². The molecule has 0 N–H and O–H groups in total. The fraction of sp³-hybridized carbons (Fsp3) is 0.452. The Balaban J connectivity index is 0.00000162. The van der Waals surface area contributed by atoms with Gasteiger partial charge in [-0.25, -0.2) is 0 Å². The number of allylic oxidation sites excluding steroid dienone is 4. The number of halogens is 2. The molecule has 0 nitrogen and oxygen atoms in total. The summed E-state index contributed by atoms with van der Waals surface area (Å²) in [5.74, 6) is 0.614. The summed E-state index contributed by atoms with van der Waals surface area (Å²) in [7, 11) is 0. The third kappa shape index (κ3) is 4.92. The summed E-state index contributed by atoms with van der Waals surface area (Å²) in [5, 5.41) is 0. The van der Waals surface area contributed by atoms with Crippen LogP contribution in [-0.4, -0.2) is 3.21 Å². The first kappa shape index (κ1) is 27.8. The van der Waals surface area contributed by atoms with Crippen molar-refractivity contribution in [3.63, 3.8) is 0 Å². The quantitative estimate of drug-likeness (QED) is 0.450. The number of hydrogen-bond donors (Lipinski definition) is 0. The molecule has 180 valence electrons. The zero-order valence-electron chi connectivity index (χ0n) is 21.4. The van der Waals surface area contributed by atoms with Crippen molar-refractivity contribution >= 4 is 6.48 Å². The summed E-state index contributed by atoms with van der Waals surface area (Å²) in [4.78, 5) is 0. The van der Waals surface area contributed by atoms with Gasteiger partial charge >= 0.3 is 204 Å². The maximum atomic E-state index is 2.65. The van der Waals surface area contributed by atoms with Crippen molar-refractivity contribution < 1.29 is 46.1 Å². The average Bonchev–Trinajstić information content (AvgIpc) is 3.33. The first-order valence-corrected chi connectivity index (χ1v) is 16.5. The predicted molar refractivity (Wildman–Crippen MR) is 136 cm³/mol. The second-order valence-corrected chi connectivity index (χ2v) is 17.3. The Labute approximate surface area is 227 Å². The molecule has 5 rings (SSSR count). The summed E-state index contributed by atoms with van der Waals surface area (Å²) < 4.78 is 5.72. The summed E-state index contributed by atoms with van der Waals surface area (Å²) >= 11 is -2.19. The van der Waals surface area contributed by atoms with Crippen LogP contribution < -0.4 is 28.1 Å². The Kier molecular flexibility index (Phi) is 9.09. The smallest absolute Gasteiger partial charge is 1.00 e. The number of fused-ring (bicyclic) bond motifs is 3. The molecular weight excluding hydrogens is 534 g/mol. The topological polar surface area (TPSA) is 0 Å². The van der Waals surface area contributed by atoms with Gasteiger partial charge in [0.25, 0.3) is 0 Å². The minimum Gasteiger partial charge on any atom is -1.00 e. The number of hydrogen-bond acceptors (Lipinski definition) is 0. The van der Waals surface area contributed by atoms with E-state index in [1.54, 1.807) is 20.0 Å². The summed E-state index contributed by atoms with van der Waals surface area (Å²) in [6, 6.07) is 16.5. The Hall–Kier alpha value is -0.747. The van der Waals surface area contributed by atoms with Crippen LogP contribution in [0, 0.1) is 11.3 Å². The molecule has 3 heteroatoms. The van der Waals surface area contributed by atoms with Crippen LogP contribution in [0.4, 0.5) is 0 Å². The van der Waals surface area contributed by atoms with Crippen molar-refractivity contribution in [2.24, 2.45) is 11.3 Å². The van der Waals surface area contributed by atoms with Crippen LogP contribution in [0.5, 0.6) is 0 Å². The second kappa shape index (κ2) is 11.1. The van der Waals surface area contributed by atoms with E-state index in [2.05, 4.69) is 83.2 Å². The monoisotopic (exact) mass is 570 g/mol. The molecule has 1 unspecified atom stereocenters. The molecule has 1 saturated carbocycles. The van der Waals surface area contributed by atoms with E-state index in [1.165, 1.54) is 55.2 Å². The van der Waals surface area contributed by atoms with E-state index < -0.39 is 21.3 Å². The molecule has 0 radical (unpaired) electrons. The van der Waals surface area contributed by atoms with E-state index >= 15 is 0 Å². The van der Waals surface area contributed by atoms with Crippen LogP contribution in [0.3, 0.4) is 0 Å². The molecule has 3 aliphatic carbocycles. The molecule has 0 amide bonds. The number of benzene rings is 2. The molecule has 0 aliphatic heterocycles. The molecule has 3 aliphatic rings. The van der Waals surface area contributed by atoms with Crippen LogP contribution in [0.15, 0.2) is 63.0 Å². The standard InChI is InChI=1S/C13H9.C12H19.C6H10.2ClH.Zr/c1-3-7-12-10(5-1)9-11-6-2-4-8-13(11)12;1-6-10-7-9(2)8-11(10)12(3,4)5;1-2-4-6-5-3-1;;;/h1-5,7-8H,9H2;8-9H,6H2,1-5H3;1-5H2;2*1H;/q;;;;;+2/p-2. The largest absolute Gasteiger partial charge is 1.00 e. The zero-order chi connectivity index (χ0) is 22.5. The van der Waals surface area contributed by atoms with Crippen LogP contribution >= 0.6 is 0 Å². The summed E-state index contributed by atoms with van der Waals surface area (Å²) in [5.41, 5.74) is 9.85. The summed E-state index contributed by atoms with van der Waals surface area (Å²) in [6.07, 6.45) is 12.0. The van der Waals surface area contributed by atoms with Crippen molar-refractivity contribution in [2.75, 3.05) is 0 Å². The van der Waals surface area contributed by atoms with E-state index in [0.717, 1.165) is 6.42 Å². The minimum atomic E-state index is -2.19. The molecule has 2 aromatic rings. The molecule has 0 spiro atoms. The Bertz CT molecular complexity index is 1150. The van der Waals surface area contributed by atoms with Crippen molar-refractivity contribution in [3.8, 4) is 11.1 Å². The van der Waals surface area contributed by atoms with E-state index in [9.17, 15) is 0 Å². The van der Waals surface area contributed by atoms with E-state index in [4.69, 9.17) is 0 Å². The van der Waals surface area contributed by atoms with Crippen molar-refractivity contribution in [2.45, 2.75) is 79.6 Å². The van der Waals surface area contributed by atoms with Gasteiger partial charge in [-0.05, 0) is 0 Å². The first-order valence-electron chi connectivity index (χ1n) is 12.8. The van der Waals surface area contributed by atoms with Gasteiger partial charge in [0, 0.05) is 0 Å². The van der Waals surface area contributed by atoms with Crippen molar-refractivity contribution in [1.82, 2.24) is 0 Å². The van der Waals surface area contributed by atoms with Gasteiger partial charge < -0.3 is 24.8 Å². The molecule has 0 saturated heterocycles. The van der Waals surface area contributed by atoms with Gasteiger partial charge in [-0.15, -0.1) is 0 Å². The van der Waals surface area contributed by atoms with Gasteiger partial charge in [0.1, 0.15) is 0 Å². The van der Waals surface area contributed by atoms with Crippen LogP contribution in [0.2, 0.25) is 0 Å². The van der Waals surface area contributed by atoms with Gasteiger partial charge in [0.15, 0.2) is 0 Å². The molecule has 1 atom stereocenters. The molecule has 2 aromatic carbocycles. The average molecular weight is 573 g/mol. The Morgan fingerprint density at radius 3 is 2.24 bits per heavy atom. The Morgan fingerprint density at radius 1 is 0.882 bits per heavy atom. The van der Waals surface area contributed by atoms with Gasteiger partial charge in [-0.3, -0.25) is 0 Å². The molecule has 0 aromatic heterocycles.